The maximum Gasteiger partial charge on any atom is 0.307 e. The molecular weight excluding hydrogens is 232 g/mol. The molecule has 92 valence electrons. The van der Waals surface area contributed by atoms with Gasteiger partial charge in [0.15, 0.2) is 11.5 Å². The molecule has 6 heteroatoms. The van der Waals surface area contributed by atoms with Crippen LogP contribution in [-0.4, -0.2) is 30.9 Å². The lowest BCUT2D eigenvalue weighted by molar-refractivity contribution is -0.142. The predicted octanol–water partition coefficient (Wildman–Crippen LogP) is 1.26. The molecule has 0 spiro atoms. The average molecular weight is 244 g/mol. The normalized spacial score (nSPS) is 23.3. The Morgan fingerprint density at radius 2 is 2.17 bits per heavy atom. The standard InChI is InChI=1S/C12H12N4O2/c17-12(18)9-5-2-1-4-8(9)11-15-14-10-6-3-7-13-16(10)11/h1-3,6-9H,4-5H2,(H,17,18). The Morgan fingerprint density at radius 3 is 3.00 bits per heavy atom. The quantitative estimate of drug-likeness (QED) is 0.804. The van der Waals surface area contributed by atoms with Gasteiger partial charge in [-0.05, 0) is 25.0 Å². The zero-order chi connectivity index (χ0) is 12.5. The number of aliphatic carboxylic acids is 1. The van der Waals surface area contributed by atoms with Crippen LogP contribution in [-0.2, 0) is 4.79 Å². The highest BCUT2D eigenvalue weighted by molar-refractivity contribution is 5.71. The van der Waals surface area contributed by atoms with E-state index < -0.39 is 11.9 Å². The van der Waals surface area contributed by atoms with Gasteiger partial charge in [0.1, 0.15) is 0 Å². The van der Waals surface area contributed by atoms with Crippen molar-refractivity contribution < 1.29 is 9.90 Å². The SMILES string of the molecule is O=C(O)C1CC=CCC1c1nnc2cccnn12. The van der Waals surface area contributed by atoms with Crippen LogP contribution in [0.1, 0.15) is 24.6 Å². The second kappa shape index (κ2) is 4.21. The summed E-state index contributed by atoms with van der Waals surface area (Å²) in [4.78, 5) is 11.3. The first-order valence-corrected chi connectivity index (χ1v) is 5.81. The summed E-state index contributed by atoms with van der Waals surface area (Å²) >= 11 is 0. The van der Waals surface area contributed by atoms with E-state index in [1.54, 1.807) is 22.8 Å². The van der Waals surface area contributed by atoms with Crippen molar-refractivity contribution in [2.75, 3.05) is 0 Å². The third-order valence-electron chi connectivity index (χ3n) is 3.28. The van der Waals surface area contributed by atoms with Gasteiger partial charge in [-0.3, -0.25) is 4.79 Å². The van der Waals surface area contributed by atoms with E-state index in [0.29, 0.717) is 24.3 Å². The summed E-state index contributed by atoms with van der Waals surface area (Å²) in [5, 5.41) is 21.6. The highest BCUT2D eigenvalue weighted by Gasteiger charge is 2.33. The number of carboxylic acids is 1. The number of carbonyl (C=O) groups is 1. The highest BCUT2D eigenvalue weighted by Crippen LogP contribution is 2.33. The number of carboxylic acid groups (broad SMARTS) is 1. The first kappa shape index (κ1) is 10.9. The molecule has 2 heterocycles. The summed E-state index contributed by atoms with van der Waals surface area (Å²) in [6.07, 6.45) is 6.74. The Kier molecular flexibility index (Phi) is 2.55. The van der Waals surface area contributed by atoms with E-state index in [4.69, 9.17) is 0 Å². The summed E-state index contributed by atoms with van der Waals surface area (Å²) in [5.74, 6) is -0.791. The molecule has 0 aromatic carbocycles. The van der Waals surface area contributed by atoms with Crippen LogP contribution in [0.3, 0.4) is 0 Å². The Hall–Kier alpha value is -2.24. The van der Waals surface area contributed by atoms with Crippen LogP contribution in [0.2, 0.25) is 0 Å². The largest absolute Gasteiger partial charge is 0.481 e. The smallest absolute Gasteiger partial charge is 0.307 e. The molecule has 1 N–H and O–H groups in total. The maximum absolute atomic E-state index is 11.3. The molecule has 1 aliphatic rings. The van der Waals surface area contributed by atoms with E-state index >= 15 is 0 Å². The summed E-state index contributed by atoms with van der Waals surface area (Å²) in [6.45, 7) is 0. The second-order valence-electron chi connectivity index (χ2n) is 4.35. The van der Waals surface area contributed by atoms with Crippen molar-refractivity contribution >= 4 is 11.6 Å². The molecule has 0 saturated heterocycles. The zero-order valence-corrected chi connectivity index (χ0v) is 9.60. The number of allylic oxidation sites excluding steroid dienone is 2. The van der Waals surface area contributed by atoms with E-state index in [9.17, 15) is 9.90 Å². The second-order valence-corrected chi connectivity index (χ2v) is 4.35. The highest BCUT2D eigenvalue weighted by atomic mass is 16.4. The molecule has 3 rings (SSSR count). The van der Waals surface area contributed by atoms with Gasteiger partial charge >= 0.3 is 5.97 Å². The maximum atomic E-state index is 11.3. The van der Waals surface area contributed by atoms with E-state index in [-0.39, 0.29) is 5.92 Å². The summed E-state index contributed by atoms with van der Waals surface area (Å²) in [7, 11) is 0. The van der Waals surface area contributed by atoms with Crippen molar-refractivity contribution in [1.82, 2.24) is 19.8 Å². The van der Waals surface area contributed by atoms with Gasteiger partial charge in [-0.15, -0.1) is 10.2 Å². The Labute approximate surface area is 103 Å². The molecule has 6 nitrogen and oxygen atoms in total. The molecule has 2 aromatic rings. The third kappa shape index (κ3) is 1.66. The predicted molar refractivity (Wildman–Crippen MR) is 63.0 cm³/mol. The fourth-order valence-corrected chi connectivity index (χ4v) is 2.36. The number of hydrogen-bond donors (Lipinski definition) is 1. The van der Waals surface area contributed by atoms with Gasteiger partial charge in [-0.1, -0.05) is 12.2 Å². The fraction of sp³-hybridized carbons (Fsp3) is 0.333. The Morgan fingerprint density at radius 1 is 1.33 bits per heavy atom. The van der Waals surface area contributed by atoms with Crippen LogP contribution >= 0.6 is 0 Å². The van der Waals surface area contributed by atoms with E-state index in [1.165, 1.54) is 0 Å². The van der Waals surface area contributed by atoms with Crippen molar-refractivity contribution in [3.8, 4) is 0 Å². The first-order valence-electron chi connectivity index (χ1n) is 5.81. The molecule has 2 aromatic heterocycles. The number of fused-ring (bicyclic) bond motifs is 1. The molecular formula is C12H12N4O2. The van der Waals surface area contributed by atoms with Gasteiger partial charge in [-0.25, -0.2) is 0 Å². The number of nitrogens with zero attached hydrogens (tertiary/aromatic N) is 4. The lowest BCUT2D eigenvalue weighted by Crippen LogP contribution is -2.25. The summed E-state index contributed by atoms with van der Waals surface area (Å²) in [6, 6.07) is 3.58. The van der Waals surface area contributed by atoms with E-state index in [0.717, 1.165) is 0 Å². The molecule has 18 heavy (non-hydrogen) atoms. The van der Waals surface area contributed by atoms with Gasteiger partial charge in [0.25, 0.3) is 0 Å². The number of rotatable bonds is 2. The lowest BCUT2D eigenvalue weighted by atomic mass is 9.82. The van der Waals surface area contributed by atoms with Crippen LogP contribution in [0.25, 0.3) is 5.65 Å². The molecule has 0 amide bonds. The minimum absolute atomic E-state index is 0.169. The topological polar surface area (TPSA) is 80.4 Å². The fourth-order valence-electron chi connectivity index (χ4n) is 2.36. The van der Waals surface area contributed by atoms with Crippen molar-refractivity contribution in [2.45, 2.75) is 18.8 Å². The molecule has 0 saturated carbocycles. The van der Waals surface area contributed by atoms with Gasteiger partial charge in [0.05, 0.1) is 5.92 Å². The van der Waals surface area contributed by atoms with E-state index in [1.807, 2.05) is 12.2 Å². The van der Waals surface area contributed by atoms with Crippen molar-refractivity contribution in [1.29, 1.82) is 0 Å². The monoisotopic (exact) mass is 244 g/mol. The van der Waals surface area contributed by atoms with Crippen LogP contribution in [0, 0.1) is 5.92 Å². The number of aromatic nitrogens is 4. The van der Waals surface area contributed by atoms with Gasteiger partial charge in [0, 0.05) is 12.1 Å². The molecule has 0 aliphatic heterocycles. The van der Waals surface area contributed by atoms with Crippen LogP contribution in [0.15, 0.2) is 30.5 Å². The molecule has 0 fully saturated rings. The molecule has 2 unspecified atom stereocenters. The molecule has 1 aliphatic carbocycles. The lowest BCUT2D eigenvalue weighted by Gasteiger charge is -2.23. The van der Waals surface area contributed by atoms with Gasteiger partial charge < -0.3 is 5.11 Å². The minimum atomic E-state index is -0.794. The zero-order valence-electron chi connectivity index (χ0n) is 9.60. The van der Waals surface area contributed by atoms with Crippen LogP contribution < -0.4 is 0 Å². The molecule has 2 atom stereocenters. The average Bonchev–Trinajstić information content (AvgIpc) is 2.82. The number of hydrogen-bond acceptors (Lipinski definition) is 4. The molecule has 0 radical (unpaired) electrons. The van der Waals surface area contributed by atoms with Gasteiger partial charge in [0.2, 0.25) is 0 Å². The minimum Gasteiger partial charge on any atom is -0.481 e. The van der Waals surface area contributed by atoms with Crippen molar-refractivity contribution in [2.24, 2.45) is 5.92 Å². The van der Waals surface area contributed by atoms with Crippen LogP contribution in [0.4, 0.5) is 0 Å². The molecule has 0 bridgehead atoms. The van der Waals surface area contributed by atoms with Crippen molar-refractivity contribution in [3.63, 3.8) is 0 Å². The first-order chi connectivity index (χ1) is 8.77. The Bertz CT molecular complexity index is 619. The third-order valence-corrected chi connectivity index (χ3v) is 3.28. The summed E-state index contributed by atoms with van der Waals surface area (Å²) in [5.41, 5.74) is 0.645. The van der Waals surface area contributed by atoms with Gasteiger partial charge in [-0.2, -0.15) is 9.61 Å². The van der Waals surface area contributed by atoms with Crippen LogP contribution in [0.5, 0.6) is 0 Å². The summed E-state index contributed by atoms with van der Waals surface area (Å²) < 4.78 is 1.62. The Balaban J connectivity index is 2.07. The van der Waals surface area contributed by atoms with Crippen molar-refractivity contribution in [3.05, 3.63) is 36.3 Å². The van der Waals surface area contributed by atoms with E-state index in [2.05, 4.69) is 15.3 Å².